The quantitative estimate of drug-likeness (QED) is 0.832. The van der Waals surface area contributed by atoms with Gasteiger partial charge in [0.2, 0.25) is 11.8 Å². The monoisotopic (exact) mass is 345 g/mol. The lowest BCUT2D eigenvalue weighted by Gasteiger charge is -2.34. The highest BCUT2D eigenvalue weighted by Crippen LogP contribution is 2.23. The smallest absolute Gasteiger partial charge is 0.245 e. The SMILES string of the molecule is CC(NCc1ccccc1)C(=O)NC(C(=O)N1CCCC1)C(C)(C)C. The van der Waals surface area contributed by atoms with E-state index in [1.165, 1.54) is 0 Å². The van der Waals surface area contributed by atoms with Gasteiger partial charge in [-0.2, -0.15) is 0 Å². The predicted molar refractivity (Wildman–Crippen MR) is 99.9 cm³/mol. The maximum Gasteiger partial charge on any atom is 0.245 e. The van der Waals surface area contributed by atoms with E-state index in [0.29, 0.717) is 6.54 Å². The zero-order valence-corrected chi connectivity index (χ0v) is 15.8. The Kier molecular flexibility index (Phi) is 6.59. The zero-order chi connectivity index (χ0) is 18.4. The van der Waals surface area contributed by atoms with Crippen molar-refractivity contribution < 1.29 is 9.59 Å². The van der Waals surface area contributed by atoms with Crippen LogP contribution >= 0.6 is 0 Å². The predicted octanol–water partition coefficient (Wildman–Crippen LogP) is 2.32. The van der Waals surface area contributed by atoms with E-state index >= 15 is 0 Å². The molecule has 0 bridgehead atoms. The molecule has 1 aliphatic heterocycles. The summed E-state index contributed by atoms with van der Waals surface area (Å²) in [5, 5.41) is 6.20. The Morgan fingerprint density at radius 1 is 1.12 bits per heavy atom. The van der Waals surface area contributed by atoms with Crippen molar-refractivity contribution in [2.24, 2.45) is 5.41 Å². The Bertz CT molecular complexity index is 574. The molecular weight excluding hydrogens is 314 g/mol. The number of benzene rings is 1. The number of rotatable bonds is 6. The average molecular weight is 345 g/mol. The van der Waals surface area contributed by atoms with Crippen molar-refractivity contribution in [3.8, 4) is 0 Å². The van der Waals surface area contributed by atoms with E-state index in [-0.39, 0.29) is 23.3 Å². The first kappa shape index (κ1) is 19.4. The summed E-state index contributed by atoms with van der Waals surface area (Å²) in [7, 11) is 0. The minimum Gasteiger partial charge on any atom is -0.342 e. The van der Waals surface area contributed by atoms with Gasteiger partial charge in [-0.1, -0.05) is 51.1 Å². The topological polar surface area (TPSA) is 61.4 Å². The third-order valence-electron chi connectivity index (χ3n) is 4.67. The van der Waals surface area contributed by atoms with Gasteiger partial charge < -0.3 is 15.5 Å². The first-order chi connectivity index (χ1) is 11.8. The number of amides is 2. The van der Waals surface area contributed by atoms with Crippen LogP contribution in [0.5, 0.6) is 0 Å². The molecule has 1 saturated heterocycles. The van der Waals surface area contributed by atoms with Crippen LogP contribution in [0.4, 0.5) is 0 Å². The fraction of sp³-hybridized carbons (Fsp3) is 0.600. The number of hydrogen-bond donors (Lipinski definition) is 2. The molecule has 1 heterocycles. The lowest BCUT2D eigenvalue weighted by molar-refractivity contribution is -0.139. The van der Waals surface area contributed by atoms with Gasteiger partial charge >= 0.3 is 0 Å². The molecule has 2 N–H and O–H groups in total. The van der Waals surface area contributed by atoms with Crippen molar-refractivity contribution in [2.75, 3.05) is 13.1 Å². The van der Waals surface area contributed by atoms with E-state index in [1.54, 1.807) is 0 Å². The molecule has 5 nitrogen and oxygen atoms in total. The van der Waals surface area contributed by atoms with Crippen LogP contribution in [0.3, 0.4) is 0 Å². The van der Waals surface area contributed by atoms with Crippen LogP contribution in [0.25, 0.3) is 0 Å². The van der Waals surface area contributed by atoms with Gasteiger partial charge in [-0.15, -0.1) is 0 Å². The molecule has 1 fully saturated rings. The van der Waals surface area contributed by atoms with E-state index in [4.69, 9.17) is 0 Å². The van der Waals surface area contributed by atoms with E-state index in [2.05, 4.69) is 10.6 Å². The highest BCUT2D eigenvalue weighted by molar-refractivity contribution is 5.90. The van der Waals surface area contributed by atoms with Crippen molar-refractivity contribution >= 4 is 11.8 Å². The largest absolute Gasteiger partial charge is 0.342 e. The summed E-state index contributed by atoms with van der Waals surface area (Å²) >= 11 is 0. The minimum atomic E-state index is -0.501. The molecule has 25 heavy (non-hydrogen) atoms. The molecule has 0 aromatic heterocycles. The normalized spacial score (nSPS) is 17.2. The molecule has 5 heteroatoms. The third-order valence-corrected chi connectivity index (χ3v) is 4.67. The number of likely N-dealkylation sites (tertiary alicyclic amines) is 1. The van der Waals surface area contributed by atoms with Gasteiger partial charge in [-0.05, 0) is 30.7 Å². The third kappa shape index (κ3) is 5.56. The lowest BCUT2D eigenvalue weighted by Crippen LogP contribution is -2.57. The second-order valence-electron chi connectivity index (χ2n) is 7.93. The number of nitrogens with zero attached hydrogens (tertiary/aromatic N) is 1. The maximum absolute atomic E-state index is 12.8. The summed E-state index contributed by atoms with van der Waals surface area (Å²) < 4.78 is 0. The average Bonchev–Trinajstić information content (AvgIpc) is 3.11. The number of hydrogen-bond acceptors (Lipinski definition) is 3. The van der Waals surface area contributed by atoms with Crippen molar-refractivity contribution in [1.82, 2.24) is 15.5 Å². The van der Waals surface area contributed by atoms with Gasteiger partial charge in [0.15, 0.2) is 0 Å². The summed E-state index contributed by atoms with van der Waals surface area (Å²) in [5.41, 5.74) is 0.803. The maximum atomic E-state index is 12.8. The van der Waals surface area contributed by atoms with Crippen LogP contribution in [0, 0.1) is 5.41 Å². The summed E-state index contributed by atoms with van der Waals surface area (Å²) in [5.74, 6) is -0.1000. The molecule has 2 rings (SSSR count). The Morgan fingerprint density at radius 2 is 1.72 bits per heavy atom. The fourth-order valence-corrected chi connectivity index (χ4v) is 3.00. The molecule has 0 spiro atoms. The molecule has 2 amide bonds. The Balaban J connectivity index is 1.94. The molecule has 2 unspecified atom stereocenters. The van der Waals surface area contributed by atoms with Crippen LogP contribution in [-0.4, -0.2) is 41.9 Å². The summed E-state index contributed by atoms with van der Waals surface area (Å²) in [6.45, 7) is 10.0. The van der Waals surface area contributed by atoms with Crippen molar-refractivity contribution in [2.45, 2.75) is 59.2 Å². The molecule has 1 aromatic rings. The van der Waals surface area contributed by atoms with Crippen LogP contribution < -0.4 is 10.6 Å². The highest BCUT2D eigenvalue weighted by Gasteiger charge is 2.37. The molecular formula is C20H31N3O2. The standard InChI is InChI=1S/C20H31N3O2/c1-15(21-14-16-10-6-5-7-11-16)18(24)22-17(20(2,3)4)19(25)23-12-8-9-13-23/h5-7,10-11,15,17,21H,8-9,12-14H2,1-4H3,(H,22,24). The van der Waals surface area contributed by atoms with Gasteiger partial charge in [0.25, 0.3) is 0 Å². The van der Waals surface area contributed by atoms with Crippen LogP contribution in [0.1, 0.15) is 46.1 Å². The molecule has 0 aliphatic carbocycles. The second-order valence-corrected chi connectivity index (χ2v) is 7.93. The van der Waals surface area contributed by atoms with Crippen LogP contribution in [0.2, 0.25) is 0 Å². The number of carbonyl (C=O) groups is 2. The Hall–Kier alpha value is -1.88. The highest BCUT2D eigenvalue weighted by atomic mass is 16.2. The van der Waals surface area contributed by atoms with E-state index in [1.807, 2.05) is 62.9 Å². The van der Waals surface area contributed by atoms with Crippen LogP contribution in [-0.2, 0) is 16.1 Å². The first-order valence-electron chi connectivity index (χ1n) is 9.15. The van der Waals surface area contributed by atoms with E-state index < -0.39 is 6.04 Å². The van der Waals surface area contributed by atoms with Crippen molar-refractivity contribution in [3.05, 3.63) is 35.9 Å². The first-order valence-corrected chi connectivity index (χ1v) is 9.15. The second kappa shape index (κ2) is 8.48. The van der Waals surface area contributed by atoms with E-state index in [0.717, 1.165) is 31.5 Å². The summed E-state index contributed by atoms with van der Waals surface area (Å²) in [6.07, 6.45) is 2.09. The molecule has 1 aromatic carbocycles. The lowest BCUT2D eigenvalue weighted by atomic mass is 9.85. The molecule has 0 radical (unpaired) electrons. The molecule has 0 saturated carbocycles. The molecule has 1 aliphatic rings. The van der Waals surface area contributed by atoms with Crippen molar-refractivity contribution in [3.63, 3.8) is 0 Å². The molecule has 138 valence electrons. The number of carbonyl (C=O) groups excluding carboxylic acids is 2. The van der Waals surface area contributed by atoms with Gasteiger partial charge in [-0.3, -0.25) is 9.59 Å². The van der Waals surface area contributed by atoms with Gasteiger partial charge in [0.05, 0.1) is 6.04 Å². The van der Waals surface area contributed by atoms with Gasteiger partial charge in [0, 0.05) is 19.6 Å². The van der Waals surface area contributed by atoms with Crippen molar-refractivity contribution in [1.29, 1.82) is 0 Å². The van der Waals surface area contributed by atoms with Gasteiger partial charge in [-0.25, -0.2) is 0 Å². The molecule has 2 atom stereocenters. The Labute approximate surface area is 151 Å². The van der Waals surface area contributed by atoms with E-state index in [9.17, 15) is 9.59 Å². The zero-order valence-electron chi connectivity index (χ0n) is 15.8. The summed E-state index contributed by atoms with van der Waals surface area (Å²) in [4.78, 5) is 27.3. The fourth-order valence-electron chi connectivity index (χ4n) is 3.00. The van der Waals surface area contributed by atoms with Gasteiger partial charge in [0.1, 0.15) is 6.04 Å². The van der Waals surface area contributed by atoms with Crippen LogP contribution in [0.15, 0.2) is 30.3 Å². The Morgan fingerprint density at radius 3 is 2.28 bits per heavy atom. The summed E-state index contributed by atoms with van der Waals surface area (Å²) in [6, 6.07) is 9.10. The minimum absolute atomic E-state index is 0.0357. The number of nitrogens with one attached hydrogen (secondary N) is 2.